The summed E-state index contributed by atoms with van der Waals surface area (Å²) in [6.45, 7) is 2.93. The molecule has 0 amide bonds. The molecule has 0 unspecified atom stereocenters. The molecule has 126 valence electrons. The number of rotatable bonds is 5. The summed E-state index contributed by atoms with van der Waals surface area (Å²) in [5.74, 6) is -0.0768. The van der Waals surface area contributed by atoms with Gasteiger partial charge in [-0.1, -0.05) is 30.3 Å². The summed E-state index contributed by atoms with van der Waals surface area (Å²) in [4.78, 5) is 14.7. The van der Waals surface area contributed by atoms with E-state index in [2.05, 4.69) is 5.32 Å². The normalized spacial score (nSPS) is 16.3. The van der Waals surface area contributed by atoms with Gasteiger partial charge in [0.15, 0.2) is 0 Å². The number of hydrogen-bond donors (Lipinski definition) is 1. The molecule has 0 atom stereocenters. The van der Waals surface area contributed by atoms with Gasteiger partial charge in [-0.25, -0.2) is 0 Å². The summed E-state index contributed by atoms with van der Waals surface area (Å²) in [5, 5.41) is 3.32. The van der Waals surface area contributed by atoms with Crippen LogP contribution in [0.4, 0.5) is 0 Å². The number of carbonyl (C=O) groups excluding carboxylic acids is 1. The molecule has 0 spiro atoms. The summed E-state index contributed by atoms with van der Waals surface area (Å²) in [6.07, 6.45) is 1.61. The number of benzene rings is 1. The third-order valence-electron chi connectivity index (χ3n) is 3.95. The lowest BCUT2D eigenvalue weighted by atomic mass is 9.73. The van der Waals surface area contributed by atoms with Crippen molar-refractivity contribution < 1.29 is 9.53 Å². The van der Waals surface area contributed by atoms with Crippen molar-refractivity contribution in [1.29, 1.82) is 0 Å². The molecule has 1 aliphatic rings. The van der Waals surface area contributed by atoms with Crippen LogP contribution in [0, 0.1) is 0 Å². The molecular weight excluding hydrogens is 323 g/mol. The number of hydrogen-bond acceptors (Lipinski definition) is 4. The van der Waals surface area contributed by atoms with Gasteiger partial charge in [-0.15, -0.1) is 24.8 Å². The molecule has 2 rings (SSSR count). The third-order valence-corrected chi connectivity index (χ3v) is 3.95. The fraction of sp³-hybridized carbons (Fsp3) is 0.562. The second kappa shape index (κ2) is 10.1. The molecule has 0 bridgehead atoms. The lowest BCUT2D eigenvalue weighted by Gasteiger charge is -2.35. The number of nitrogens with zero attached hydrogens (tertiary/aromatic N) is 1. The number of nitrogens with one attached hydrogen (secondary N) is 1. The standard InChI is InChI=1S/C16H24N2O2.2ClH/c1-18(2)12-13-20-15(19)16(8-10-17-11-9-16)14-6-4-3-5-7-14;;/h3-7,17H,8-13H2,1-2H3;2*1H. The first kappa shape index (κ1) is 21.2. The number of piperidine rings is 1. The SMILES string of the molecule is CN(C)CCOC(=O)C1(c2ccccc2)CCNCC1.Cl.Cl. The second-order valence-corrected chi connectivity index (χ2v) is 5.64. The summed E-state index contributed by atoms with van der Waals surface area (Å²) in [7, 11) is 3.96. The van der Waals surface area contributed by atoms with Crippen molar-refractivity contribution in [1.82, 2.24) is 10.2 Å². The van der Waals surface area contributed by atoms with Crippen molar-refractivity contribution in [2.75, 3.05) is 40.3 Å². The van der Waals surface area contributed by atoms with Gasteiger partial charge in [0.2, 0.25) is 0 Å². The van der Waals surface area contributed by atoms with Crippen LogP contribution in [0.15, 0.2) is 30.3 Å². The lowest BCUT2D eigenvalue weighted by Crippen LogP contribution is -2.46. The van der Waals surface area contributed by atoms with E-state index in [4.69, 9.17) is 4.74 Å². The van der Waals surface area contributed by atoms with Gasteiger partial charge in [0, 0.05) is 6.54 Å². The predicted octanol–water partition coefficient (Wildman–Crippen LogP) is 2.26. The van der Waals surface area contributed by atoms with Gasteiger partial charge >= 0.3 is 5.97 Å². The Morgan fingerprint density at radius 2 is 1.77 bits per heavy atom. The van der Waals surface area contributed by atoms with E-state index in [1.165, 1.54) is 0 Å². The first-order valence-electron chi connectivity index (χ1n) is 7.23. The molecule has 6 heteroatoms. The van der Waals surface area contributed by atoms with Gasteiger partial charge in [0.25, 0.3) is 0 Å². The van der Waals surface area contributed by atoms with Crippen molar-refractivity contribution >= 4 is 30.8 Å². The van der Waals surface area contributed by atoms with E-state index in [1.807, 2.05) is 49.3 Å². The summed E-state index contributed by atoms with van der Waals surface area (Å²) in [5.41, 5.74) is 0.607. The van der Waals surface area contributed by atoms with Gasteiger partial charge < -0.3 is 15.0 Å². The van der Waals surface area contributed by atoms with Crippen LogP contribution in [0.5, 0.6) is 0 Å². The van der Waals surface area contributed by atoms with E-state index in [-0.39, 0.29) is 30.8 Å². The Hall–Kier alpha value is -0.810. The molecule has 1 saturated heterocycles. The van der Waals surface area contributed by atoms with E-state index in [0.717, 1.165) is 38.0 Å². The largest absolute Gasteiger partial charge is 0.464 e. The highest BCUT2D eigenvalue weighted by Crippen LogP contribution is 2.34. The van der Waals surface area contributed by atoms with Crippen LogP contribution in [0.25, 0.3) is 0 Å². The van der Waals surface area contributed by atoms with Gasteiger partial charge in [0.05, 0.1) is 5.41 Å². The van der Waals surface area contributed by atoms with Crippen LogP contribution in [0.3, 0.4) is 0 Å². The van der Waals surface area contributed by atoms with Crippen molar-refractivity contribution in [2.45, 2.75) is 18.3 Å². The van der Waals surface area contributed by atoms with Crippen LogP contribution >= 0.6 is 24.8 Å². The monoisotopic (exact) mass is 348 g/mol. The maximum absolute atomic E-state index is 12.6. The van der Waals surface area contributed by atoms with E-state index in [1.54, 1.807) is 0 Å². The molecule has 1 fully saturated rings. The van der Waals surface area contributed by atoms with Crippen LogP contribution < -0.4 is 5.32 Å². The maximum Gasteiger partial charge on any atom is 0.316 e. The fourth-order valence-electron chi connectivity index (χ4n) is 2.68. The molecule has 1 aromatic rings. The Labute approximate surface area is 145 Å². The molecule has 1 N–H and O–H groups in total. The molecule has 0 aromatic heterocycles. The molecule has 1 aliphatic heterocycles. The Bertz CT molecular complexity index is 435. The summed E-state index contributed by atoms with van der Waals surface area (Å²) < 4.78 is 5.54. The van der Waals surface area contributed by atoms with Crippen LogP contribution in [0.1, 0.15) is 18.4 Å². The average Bonchev–Trinajstić information content (AvgIpc) is 2.48. The number of ether oxygens (including phenoxy) is 1. The van der Waals surface area contributed by atoms with E-state index >= 15 is 0 Å². The molecule has 0 aliphatic carbocycles. The van der Waals surface area contributed by atoms with Crippen molar-refractivity contribution in [3.8, 4) is 0 Å². The molecule has 1 heterocycles. The Kier molecular flexibility index (Phi) is 9.69. The zero-order chi connectivity index (χ0) is 14.4. The van der Waals surface area contributed by atoms with Crippen LogP contribution in [-0.2, 0) is 14.9 Å². The lowest BCUT2D eigenvalue weighted by molar-refractivity contribution is -0.152. The minimum atomic E-state index is -0.473. The van der Waals surface area contributed by atoms with E-state index in [9.17, 15) is 4.79 Å². The molecule has 4 nitrogen and oxygen atoms in total. The number of halogens is 2. The number of likely N-dealkylation sites (N-methyl/N-ethyl adjacent to an activating group) is 1. The highest BCUT2D eigenvalue weighted by molar-refractivity contribution is 5.85. The Morgan fingerprint density at radius 3 is 2.32 bits per heavy atom. The van der Waals surface area contributed by atoms with Gasteiger partial charge in [-0.05, 0) is 45.6 Å². The summed E-state index contributed by atoms with van der Waals surface area (Å²) >= 11 is 0. The molecule has 22 heavy (non-hydrogen) atoms. The average molecular weight is 349 g/mol. The molecule has 0 radical (unpaired) electrons. The fourth-order valence-corrected chi connectivity index (χ4v) is 2.68. The maximum atomic E-state index is 12.6. The predicted molar refractivity (Wildman–Crippen MR) is 94.2 cm³/mol. The van der Waals surface area contributed by atoms with E-state index in [0.29, 0.717) is 6.61 Å². The van der Waals surface area contributed by atoms with Crippen LogP contribution in [-0.4, -0.2) is 51.2 Å². The molecular formula is C16H26Cl2N2O2. The smallest absolute Gasteiger partial charge is 0.316 e. The van der Waals surface area contributed by atoms with Crippen molar-refractivity contribution in [3.05, 3.63) is 35.9 Å². The van der Waals surface area contributed by atoms with Gasteiger partial charge in [-0.3, -0.25) is 4.79 Å². The highest BCUT2D eigenvalue weighted by Gasteiger charge is 2.42. The molecule has 0 saturated carbocycles. The zero-order valence-corrected chi connectivity index (χ0v) is 14.8. The van der Waals surface area contributed by atoms with Gasteiger partial charge in [-0.2, -0.15) is 0 Å². The Balaban J connectivity index is 0.00000220. The van der Waals surface area contributed by atoms with Gasteiger partial charge in [0.1, 0.15) is 6.61 Å². The quantitative estimate of drug-likeness (QED) is 0.828. The molecule has 1 aromatic carbocycles. The minimum absolute atomic E-state index is 0. The third kappa shape index (κ3) is 5.13. The van der Waals surface area contributed by atoms with E-state index < -0.39 is 5.41 Å². The zero-order valence-electron chi connectivity index (χ0n) is 13.2. The first-order chi connectivity index (χ1) is 9.65. The second-order valence-electron chi connectivity index (χ2n) is 5.64. The minimum Gasteiger partial charge on any atom is -0.464 e. The summed E-state index contributed by atoms with van der Waals surface area (Å²) in [6, 6.07) is 10.0. The Morgan fingerprint density at radius 1 is 1.18 bits per heavy atom. The van der Waals surface area contributed by atoms with Crippen molar-refractivity contribution in [2.24, 2.45) is 0 Å². The highest BCUT2D eigenvalue weighted by atomic mass is 35.5. The van der Waals surface area contributed by atoms with Crippen molar-refractivity contribution in [3.63, 3.8) is 0 Å². The number of carbonyl (C=O) groups is 1. The first-order valence-corrected chi connectivity index (χ1v) is 7.23. The number of esters is 1. The van der Waals surface area contributed by atoms with Crippen LogP contribution in [0.2, 0.25) is 0 Å². The topological polar surface area (TPSA) is 41.6 Å².